The van der Waals surface area contributed by atoms with Crippen molar-refractivity contribution < 1.29 is 9.59 Å². The quantitative estimate of drug-likeness (QED) is 0.869. The van der Waals surface area contributed by atoms with Crippen LogP contribution in [0.1, 0.15) is 25.0 Å². The fraction of sp³-hybridized carbons (Fsp3) is 0.286. The Hall–Kier alpha value is -2.99. The molecule has 1 aliphatic heterocycles. The molecule has 140 valence electrons. The van der Waals surface area contributed by atoms with Crippen LogP contribution in [0.5, 0.6) is 0 Å². The summed E-state index contributed by atoms with van der Waals surface area (Å²) in [5.41, 5.74) is 9.06. The zero-order valence-electron chi connectivity index (χ0n) is 15.7. The number of fused-ring (bicyclic) bond motifs is 1. The van der Waals surface area contributed by atoms with E-state index in [1.807, 2.05) is 68.4 Å². The number of nitrogens with one attached hydrogen (secondary N) is 1. The lowest BCUT2D eigenvalue weighted by molar-refractivity contribution is -0.128. The number of likely N-dealkylation sites (N-methyl/N-ethyl adjacent to an activating group) is 1. The van der Waals surface area contributed by atoms with Crippen LogP contribution in [-0.4, -0.2) is 36.8 Å². The molecule has 0 spiro atoms. The summed E-state index contributed by atoms with van der Waals surface area (Å²) in [5, 5.41) is 2.71. The molecule has 0 saturated carbocycles. The standard InChI is InChI=1S/C21H24N4O2/c1-13(2)17(22)20(26)24-19-21(27)25(3)16-12-8-7-11-15(16)18(23-19)14-9-5-4-6-10-14/h4-13,17,19H,22H2,1-3H3,(H,24,26)/t17-,19?/m0/s1. The van der Waals surface area contributed by atoms with Crippen LogP contribution < -0.4 is 16.0 Å². The summed E-state index contributed by atoms with van der Waals surface area (Å²) < 4.78 is 0. The molecule has 1 unspecified atom stereocenters. The summed E-state index contributed by atoms with van der Waals surface area (Å²) in [6, 6.07) is 16.5. The van der Waals surface area contributed by atoms with Gasteiger partial charge in [0, 0.05) is 18.2 Å². The first-order chi connectivity index (χ1) is 12.9. The fourth-order valence-corrected chi connectivity index (χ4v) is 2.98. The van der Waals surface area contributed by atoms with Gasteiger partial charge in [-0.2, -0.15) is 0 Å². The van der Waals surface area contributed by atoms with Gasteiger partial charge >= 0.3 is 0 Å². The van der Waals surface area contributed by atoms with Gasteiger partial charge in [0.15, 0.2) is 0 Å². The van der Waals surface area contributed by atoms with E-state index in [-0.39, 0.29) is 17.7 Å². The average molecular weight is 364 g/mol. The van der Waals surface area contributed by atoms with Crippen LogP contribution in [0.3, 0.4) is 0 Å². The molecular weight excluding hydrogens is 340 g/mol. The Labute approximate surface area is 159 Å². The van der Waals surface area contributed by atoms with E-state index in [1.54, 1.807) is 7.05 Å². The first kappa shape index (κ1) is 18.8. The van der Waals surface area contributed by atoms with Gasteiger partial charge in [-0.1, -0.05) is 62.4 Å². The highest BCUT2D eigenvalue weighted by Crippen LogP contribution is 2.27. The zero-order valence-corrected chi connectivity index (χ0v) is 15.7. The van der Waals surface area contributed by atoms with Gasteiger partial charge in [-0.3, -0.25) is 9.59 Å². The number of anilines is 1. The maximum Gasteiger partial charge on any atom is 0.272 e. The number of nitrogens with zero attached hydrogens (tertiary/aromatic N) is 2. The van der Waals surface area contributed by atoms with Gasteiger partial charge in [0.05, 0.1) is 17.4 Å². The Balaban J connectivity index is 2.08. The number of aliphatic imine (C=N–C) groups is 1. The summed E-state index contributed by atoms with van der Waals surface area (Å²) in [5.74, 6) is -0.741. The predicted octanol–water partition coefficient (Wildman–Crippen LogP) is 1.93. The lowest BCUT2D eigenvalue weighted by Gasteiger charge is -2.22. The molecule has 2 atom stereocenters. The lowest BCUT2D eigenvalue weighted by Crippen LogP contribution is -2.52. The summed E-state index contributed by atoms with van der Waals surface area (Å²) in [7, 11) is 1.69. The normalized spacial score (nSPS) is 17.8. The molecule has 1 aliphatic rings. The highest BCUT2D eigenvalue weighted by molar-refractivity contribution is 6.20. The summed E-state index contributed by atoms with van der Waals surface area (Å²) in [6.45, 7) is 3.72. The third-order valence-electron chi connectivity index (χ3n) is 4.69. The second-order valence-corrected chi connectivity index (χ2v) is 6.94. The fourth-order valence-electron chi connectivity index (χ4n) is 2.98. The summed E-state index contributed by atoms with van der Waals surface area (Å²) in [4.78, 5) is 31.6. The number of benzodiazepines with no additional fused rings is 1. The number of carbonyl (C=O) groups is 2. The van der Waals surface area contributed by atoms with Crippen molar-refractivity contribution in [3.8, 4) is 0 Å². The van der Waals surface area contributed by atoms with Crippen molar-refractivity contribution in [2.24, 2.45) is 16.6 Å². The number of hydrogen-bond donors (Lipinski definition) is 2. The van der Waals surface area contributed by atoms with Gasteiger partial charge < -0.3 is 16.0 Å². The van der Waals surface area contributed by atoms with Crippen LogP contribution in [0.15, 0.2) is 59.6 Å². The molecule has 0 saturated heterocycles. The van der Waals surface area contributed by atoms with E-state index in [4.69, 9.17) is 5.73 Å². The maximum absolute atomic E-state index is 13.0. The largest absolute Gasteiger partial charge is 0.325 e. The molecule has 27 heavy (non-hydrogen) atoms. The minimum Gasteiger partial charge on any atom is -0.325 e. The molecule has 2 amide bonds. The smallest absolute Gasteiger partial charge is 0.272 e. The Morgan fingerprint density at radius 1 is 1.11 bits per heavy atom. The van der Waals surface area contributed by atoms with Crippen LogP contribution in [0.4, 0.5) is 5.69 Å². The maximum atomic E-state index is 13.0. The van der Waals surface area contributed by atoms with Crippen LogP contribution in [0.25, 0.3) is 0 Å². The number of rotatable bonds is 4. The van der Waals surface area contributed by atoms with Gasteiger partial charge in [0.25, 0.3) is 5.91 Å². The van der Waals surface area contributed by atoms with Crippen LogP contribution >= 0.6 is 0 Å². The second-order valence-electron chi connectivity index (χ2n) is 6.94. The Morgan fingerprint density at radius 2 is 1.74 bits per heavy atom. The van der Waals surface area contributed by atoms with E-state index >= 15 is 0 Å². The van der Waals surface area contributed by atoms with Gasteiger partial charge in [-0.05, 0) is 12.0 Å². The number of nitrogens with two attached hydrogens (primary N) is 1. The van der Waals surface area contributed by atoms with E-state index < -0.39 is 12.2 Å². The van der Waals surface area contributed by atoms with Crippen molar-refractivity contribution >= 4 is 23.2 Å². The number of carbonyl (C=O) groups excluding carboxylic acids is 2. The SMILES string of the molecule is CC(C)[C@H](N)C(=O)NC1N=C(c2ccccc2)c2ccccc2N(C)C1=O. The molecule has 3 N–H and O–H groups in total. The van der Waals surface area contributed by atoms with Gasteiger partial charge in [0.2, 0.25) is 12.1 Å². The third kappa shape index (κ3) is 3.75. The van der Waals surface area contributed by atoms with E-state index in [9.17, 15) is 9.59 Å². The molecule has 0 aliphatic carbocycles. The van der Waals surface area contributed by atoms with Crippen molar-refractivity contribution in [1.82, 2.24) is 5.32 Å². The van der Waals surface area contributed by atoms with E-state index in [0.717, 1.165) is 16.8 Å². The number of para-hydroxylation sites is 1. The predicted molar refractivity (Wildman–Crippen MR) is 107 cm³/mol. The van der Waals surface area contributed by atoms with Crippen molar-refractivity contribution in [1.29, 1.82) is 0 Å². The molecule has 6 nitrogen and oxygen atoms in total. The highest BCUT2D eigenvalue weighted by Gasteiger charge is 2.32. The third-order valence-corrected chi connectivity index (χ3v) is 4.69. The lowest BCUT2D eigenvalue weighted by atomic mass is 10.0. The minimum atomic E-state index is -1.03. The molecule has 0 bridgehead atoms. The molecule has 0 radical (unpaired) electrons. The highest BCUT2D eigenvalue weighted by atomic mass is 16.2. The molecule has 1 heterocycles. The molecule has 0 fully saturated rings. The molecule has 2 aromatic carbocycles. The molecule has 3 rings (SSSR count). The first-order valence-corrected chi connectivity index (χ1v) is 8.96. The Morgan fingerprint density at radius 3 is 2.41 bits per heavy atom. The van der Waals surface area contributed by atoms with Gasteiger partial charge in [0.1, 0.15) is 0 Å². The topological polar surface area (TPSA) is 87.8 Å². The Kier molecular flexibility index (Phi) is 5.37. The van der Waals surface area contributed by atoms with E-state index in [0.29, 0.717) is 5.71 Å². The molecular formula is C21H24N4O2. The van der Waals surface area contributed by atoms with Gasteiger partial charge in [-0.25, -0.2) is 4.99 Å². The van der Waals surface area contributed by atoms with Crippen LogP contribution in [0.2, 0.25) is 0 Å². The summed E-state index contributed by atoms with van der Waals surface area (Å²) >= 11 is 0. The van der Waals surface area contributed by atoms with E-state index in [1.165, 1.54) is 4.90 Å². The van der Waals surface area contributed by atoms with E-state index in [2.05, 4.69) is 10.3 Å². The zero-order chi connectivity index (χ0) is 19.6. The van der Waals surface area contributed by atoms with Gasteiger partial charge in [-0.15, -0.1) is 0 Å². The number of hydrogen-bond acceptors (Lipinski definition) is 4. The monoisotopic (exact) mass is 364 g/mol. The van der Waals surface area contributed by atoms with Crippen molar-refractivity contribution in [2.45, 2.75) is 26.1 Å². The van der Waals surface area contributed by atoms with Crippen molar-refractivity contribution in [2.75, 3.05) is 11.9 Å². The summed E-state index contributed by atoms with van der Waals surface area (Å²) in [6.07, 6.45) is -1.03. The molecule has 2 aromatic rings. The van der Waals surface area contributed by atoms with Crippen LogP contribution in [0, 0.1) is 5.92 Å². The van der Waals surface area contributed by atoms with Crippen molar-refractivity contribution in [3.63, 3.8) is 0 Å². The second kappa shape index (κ2) is 7.72. The minimum absolute atomic E-state index is 0.0432. The Bertz CT molecular complexity index is 877. The molecule has 0 aromatic heterocycles. The average Bonchev–Trinajstić information content (AvgIpc) is 2.78. The number of amides is 2. The number of benzene rings is 2. The first-order valence-electron chi connectivity index (χ1n) is 8.96. The van der Waals surface area contributed by atoms with Crippen molar-refractivity contribution in [3.05, 3.63) is 65.7 Å². The molecule has 6 heteroatoms. The van der Waals surface area contributed by atoms with Crippen LogP contribution in [-0.2, 0) is 9.59 Å².